The summed E-state index contributed by atoms with van der Waals surface area (Å²) in [4.78, 5) is 29.2. The van der Waals surface area contributed by atoms with Crippen molar-refractivity contribution in [1.82, 2.24) is 19.4 Å². The van der Waals surface area contributed by atoms with Crippen LogP contribution in [-0.4, -0.2) is 26.6 Å². The van der Waals surface area contributed by atoms with Gasteiger partial charge in [0.25, 0.3) is 5.91 Å². The Bertz CT molecular complexity index is 989. The van der Waals surface area contributed by atoms with Crippen molar-refractivity contribution in [3.05, 3.63) is 64.5 Å². The molecule has 0 bridgehead atoms. The highest BCUT2D eigenvalue weighted by Crippen LogP contribution is 2.30. The number of pyridine rings is 1. The molecule has 2 aromatic heterocycles. The summed E-state index contributed by atoms with van der Waals surface area (Å²) in [5, 5.41) is 3.50. The van der Waals surface area contributed by atoms with E-state index in [-0.39, 0.29) is 22.9 Å². The van der Waals surface area contributed by atoms with E-state index < -0.39 is 0 Å². The molecule has 0 fully saturated rings. The van der Waals surface area contributed by atoms with Gasteiger partial charge < -0.3 is 14.5 Å². The molecule has 3 heterocycles. The van der Waals surface area contributed by atoms with Crippen molar-refractivity contribution < 1.29 is 4.79 Å². The van der Waals surface area contributed by atoms with Gasteiger partial charge >= 0.3 is 0 Å². The molecule has 1 amide bonds. The Balaban J connectivity index is 1.54. The zero-order valence-corrected chi connectivity index (χ0v) is 14.1. The van der Waals surface area contributed by atoms with Gasteiger partial charge in [-0.2, -0.15) is 0 Å². The van der Waals surface area contributed by atoms with Crippen LogP contribution >= 0.6 is 0 Å². The lowest BCUT2D eigenvalue weighted by Crippen LogP contribution is -2.30. The molecule has 0 saturated heterocycles. The lowest BCUT2D eigenvalue weighted by molar-refractivity contribution is 0.0951. The van der Waals surface area contributed by atoms with Crippen molar-refractivity contribution in [2.45, 2.75) is 32.4 Å². The van der Waals surface area contributed by atoms with E-state index in [2.05, 4.69) is 27.9 Å². The summed E-state index contributed by atoms with van der Waals surface area (Å²) in [5.41, 5.74) is 2.18. The second kappa shape index (κ2) is 6.20. The Kier molecular flexibility index (Phi) is 3.87. The summed E-state index contributed by atoms with van der Waals surface area (Å²) in [6.45, 7) is 3.41. The highest BCUT2D eigenvalue weighted by molar-refractivity contribution is 5.98. The predicted molar refractivity (Wildman–Crippen MR) is 95.8 cm³/mol. The van der Waals surface area contributed by atoms with Crippen molar-refractivity contribution in [2.75, 3.05) is 6.54 Å². The van der Waals surface area contributed by atoms with Crippen LogP contribution in [0.4, 0.5) is 0 Å². The molecule has 3 aromatic rings. The third kappa shape index (κ3) is 2.73. The number of carbonyl (C=O) groups excluding carboxylic acids is 1. The van der Waals surface area contributed by atoms with E-state index in [1.54, 1.807) is 18.7 Å². The van der Waals surface area contributed by atoms with Crippen LogP contribution in [0.25, 0.3) is 10.9 Å². The standard InChI is InChI=1S/C19H20N4O2/c1-13-10-14-4-2-5-15-17(14)23(13)11-16(18(15)24)19(25)21-6-3-8-22-9-7-20-12-22/h2,4-5,7,9,11-13H,3,6,8,10H2,1H3,(H,21,25)/t13-/m0/s1. The molecule has 1 atom stereocenters. The highest BCUT2D eigenvalue weighted by Gasteiger charge is 2.24. The van der Waals surface area contributed by atoms with Gasteiger partial charge in [-0.15, -0.1) is 0 Å². The number of hydrogen-bond donors (Lipinski definition) is 1. The molecule has 0 radical (unpaired) electrons. The van der Waals surface area contributed by atoms with Crippen LogP contribution in [0.3, 0.4) is 0 Å². The Hall–Kier alpha value is -2.89. The number of para-hydroxylation sites is 1. The molecule has 0 saturated carbocycles. The summed E-state index contributed by atoms with van der Waals surface area (Å²) < 4.78 is 4.02. The minimum absolute atomic E-state index is 0.186. The van der Waals surface area contributed by atoms with E-state index >= 15 is 0 Å². The fourth-order valence-corrected chi connectivity index (χ4v) is 3.56. The van der Waals surface area contributed by atoms with E-state index in [9.17, 15) is 9.59 Å². The monoisotopic (exact) mass is 336 g/mol. The van der Waals surface area contributed by atoms with Gasteiger partial charge in [-0.1, -0.05) is 12.1 Å². The third-order valence-corrected chi connectivity index (χ3v) is 4.81. The van der Waals surface area contributed by atoms with Crippen LogP contribution in [0, 0.1) is 0 Å². The number of aryl methyl sites for hydroxylation is 1. The molecule has 0 spiro atoms. The highest BCUT2D eigenvalue weighted by atomic mass is 16.2. The number of hydrogen-bond acceptors (Lipinski definition) is 3. The Morgan fingerprint density at radius 3 is 3.08 bits per heavy atom. The first-order chi connectivity index (χ1) is 12.1. The number of aromatic nitrogens is 3. The van der Waals surface area contributed by atoms with E-state index in [1.807, 2.05) is 22.9 Å². The lowest BCUT2D eigenvalue weighted by Gasteiger charge is -2.12. The molecule has 1 aliphatic rings. The molecule has 1 aliphatic heterocycles. The molecule has 1 N–H and O–H groups in total. The average molecular weight is 336 g/mol. The molecular formula is C19H20N4O2. The third-order valence-electron chi connectivity index (χ3n) is 4.81. The van der Waals surface area contributed by atoms with Crippen LogP contribution in [0.5, 0.6) is 0 Å². The van der Waals surface area contributed by atoms with E-state index in [1.165, 1.54) is 5.56 Å². The number of rotatable bonds is 5. The summed E-state index contributed by atoms with van der Waals surface area (Å²) >= 11 is 0. The first kappa shape index (κ1) is 15.6. The maximum atomic E-state index is 12.7. The molecule has 6 nitrogen and oxygen atoms in total. The van der Waals surface area contributed by atoms with E-state index in [0.29, 0.717) is 11.9 Å². The maximum absolute atomic E-state index is 12.7. The molecule has 0 unspecified atom stereocenters. The zero-order valence-electron chi connectivity index (χ0n) is 14.1. The van der Waals surface area contributed by atoms with Crippen molar-refractivity contribution in [3.8, 4) is 0 Å². The Morgan fingerprint density at radius 1 is 1.40 bits per heavy atom. The number of nitrogens with one attached hydrogen (secondary N) is 1. The van der Waals surface area contributed by atoms with Crippen LogP contribution in [0.1, 0.15) is 35.3 Å². The smallest absolute Gasteiger partial charge is 0.256 e. The van der Waals surface area contributed by atoms with Gasteiger partial charge in [-0.25, -0.2) is 4.98 Å². The molecule has 6 heteroatoms. The molecule has 0 aliphatic carbocycles. The van der Waals surface area contributed by atoms with Crippen molar-refractivity contribution in [1.29, 1.82) is 0 Å². The topological polar surface area (TPSA) is 68.9 Å². The SMILES string of the molecule is C[C@H]1Cc2cccc3c(=O)c(C(=O)NCCCn4ccnc4)cn1c23. The second-order valence-electron chi connectivity index (χ2n) is 6.56. The maximum Gasteiger partial charge on any atom is 0.256 e. The quantitative estimate of drug-likeness (QED) is 0.726. The number of amides is 1. The number of imidazole rings is 1. The van der Waals surface area contributed by atoms with Gasteiger partial charge in [0.2, 0.25) is 5.43 Å². The predicted octanol–water partition coefficient (Wildman–Crippen LogP) is 2.14. The molecule has 25 heavy (non-hydrogen) atoms. The minimum atomic E-state index is -0.300. The van der Waals surface area contributed by atoms with Gasteiger partial charge in [-0.3, -0.25) is 9.59 Å². The average Bonchev–Trinajstić information content (AvgIpc) is 3.23. The fourth-order valence-electron chi connectivity index (χ4n) is 3.56. The minimum Gasteiger partial charge on any atom is -0.352 e. The summed E-state index contributed by atoms with van der Waals surface area (Å²) in [5.74, 6) is -0.300. The van der Waals surface area contributed by atoms with Crippen LogP contribution in [0.2, 0.25) is 0 Å². The van der Waals surface area contributed by atoms with Gasteiger partial charge in [0, 0.05) is 43.1 Å². The van der Waals surface area contributed by atoms with Crippen LogP contribution in [-0.2, 0) is 13.0 Å². The Morgan fingerprint density at radius 2 is 2.28 bits per heavy atom. The van der Waals surface area contributed by atoms with Crippen molar-refractivity contribution in [2.24, 2.45) is 0 Å². The van der Waals surface area contributed by atoms with Crippen molar-refractivity contribution >= 4 is 16.8 Å². The first-order valence-electron chi connectivity index (χ1n) is 8.56. The normalized spacial score (nSPS) is 15.6. The van der Waals surface area contributed by atoms with Gasteiger partial charge in [0.1, 0.15) is 5.56 Å². The van der Waals surface area contributed by atoms with Gasteiger partial charge in [0.15, 0.2) is 0 Å². The summed E-state index contributed by atoms with van der Waals surface area (Å²) in [6, 6.07) is 6.02. The molecule has 128 valence electrons. The fraction of sp³-hybridized carbons (Fsp3) is 0.316. The van der Waals surface area contributed by atoms with Crippen LogP contribution < -0.4 is 10.7 Å². The molecule has 1 aromatic carbocycles. The number of carbonyl (C=O) groups is 1. The largest absolute Gasteiger partial charge is 0.352 e. The van der Waals surface area contributed by atoms with Gasteiger partial charge in [0.05, 0.1) is 11.8 Å². The van der Waals surface area contributed by atoms with Crippen molar-refractivity contribution in [3.63, 3.8) is 0 Å². The first-order valence-corrected chi connectivity index (χ1v) is 8.56. The molecule has 4 rings (SSSR count). The number of nitrogens with zero attached hydrogens (tertiary/aromatic N) is 3. The van der Waals surface area contributed by atoms with Crippen LogP contribution in [0.15, 0.2) is 47.9 Å². The van der Waals surface area contributed by atoms with Gasteiger partial charge in [-0.05, 0) is 31.4 Å². The molecular weight excluding hydrogens is 316 g/mol. The summed E-state index contributed by atoms with van der Waals surface area (Å²) in [7, 11) is 0. The van der Waals surface area contributed by atoms with E-state index in [4.69, 9.17) is 0 Å². The lowest BCUT2D eigenvalue weighted by atomic mass is 10.1. The van der Waals surface area contributed by atoms with E-state index in [0.717, 1.165) is 24.9 Å². The summed E-state index contributed by atoms with van der Waals surface area (Å²) in [6.07, 6.45) is 8.76. The zero-order chi connectivity index (χ0) is 17.4. The number of benzene rings is 1. The second-order valence-corrected chi connectivity index (χ2v) is 6.56. The Labute approximate surface area is 145 Å².